The molecule has 2 N–H and O–H groups in total. The minimum Gasteiger partial charge on any atom is -0.354 e. The molecule has 2 rings (SSSR count). The van der Waals surface area contributed by atoms with Crippen molar-refractivity contribution in [1.29, 1.82) is 0 Å². The van der Waals surface area contributed by atoms with E-state index in [1.807, 2.05) is 0 Å². The lowest BCUT2D eigenvalue weighted by Gasteiger charge is -2.29. The Labute approximate surface area is 187 Å². The molecule has 0 saturated heterocycles. The van der Waals surface area contributed by atoms with Gasteiger partial charge in [0.2, 0.25) is 5.91 Å². The zero-order valence-electron chi connectivity index (χ0n) is 17.1. The summed E-state index contributed by atoms with van der Waals surface area (Å²) in [5.74, 6) is 0.955. The molecule has 1 saturated carbocycles. The Morgan fingerprint density at radius 2 is 2.00 bits per heavy atom. The molecule has 0 aromatic heterocycles. The molecule has 2 unspecified atom stereocenters. The third kappa shape index (κ3) is 8.79. The standard InChI is InChI=1S/C20H29F3N4O.HI/c1-14-6-4-9-17(10-14)26-19(25-13-18(28)27(2)3)24-12-15-7-5-8-16(11-15)20(21,22)23;/h5,7-8,11,14,17H,4,6,9-10,12-13H2,1-3H3,(H2,24,25,26);1H. The van der Waals surface area contributed by atoms with Crippen LogP contribution in [0.25, 0.3) is 0 Å². The molecule has 9 heteroatoms. The largest absolute Gasteiger partial charge is 0.416 e. The Hall–Kier alpha value is -1.52. The van der Waals surface area contributed by atoms with E-state index in [0.29, 0.717) is 17.4 Å². The van der Waals surface area contributed by atoms with E-state index in [-0.39, 0.29) is 49.0 Å². The average molecular weight is 526 g/mol. The molecule has 2 atom stereocenters. The van der Waals surface area contributed by atoms with Gasteiger partial charge in [-0.3, -0.25) is 4.79 Å². The van der Waals surface area contributed by atoms with Crippen molar-refractivity contribution >= 4 is 35.8 Å². The zero-order chi connectivity index (χ0) is 20.7. The lowest BCUT2D eigenvalue weighted by Crippen LogP contribution is -2.47. The van der Waals surface area contributed by atoms with E-state index in [4.69, 9.17) is 0 Å². The van der Waals surface area contributed by atoms with Crippen LogP contribution in [0.3, 0.4) is 0 Å². The normalized spacial score (nSPS) is 19.9. The van der Waals surface area contributed by atoms with Crippen molar-refractivity contribution in [1.82, 2.24) is 15.5 Å². The quantitative estimate of drug-likeness (QED) is 0.346. The molecule has 0 bridgehead atoms. The molecule has 5 nitrogen and oxygen atoms in total. The first kappa shape index (κ1) is 25.5. The van der Waals surface area contributed by atoms with Crippen LogP contribution in [0.2, 0.25) is 0 Å². The van der Waals surface area contributed by atoms with Gasteiger partial charge in [0.15, 0.2) is 5.96 Å². The summed E-state index contributed by atoms with van der Waals surface area (Å²) < 4.78 is 38.7. The number of hydrogen-bond acceptors (Lipinski definition) is 2. The highest BCUT2D eigenvalue weighted by atomic mass is 127. The van der Waals surface area contributed by atoms with Crippen LogP contribution in [0.5, 0.6) is 0 Å². The number of guanidine groups is 1. The number of benzene rings is 1. The smallest absolute Gasteiger partial charge is 0.354 e. The molecule has 1 aliphatic carbocycles. The zero-order valence-corrected chi connectivity index (χ0v) is 19.4. The van der Waals surface area contributed by atoms with E-state index in [1.54, 1.807) is 20.2 Å². The van der Waals surface area contributed by atoms with Crippen molar-refractivity contribution in [2.24, 2.45) is 10.9 Å². The minimum absolute atomic E-state index is 0. The lowest BCUT2D eigenvalue weighted by atomic mass is 9.87. The van der Waals surface area contributed by atoms with Crippen LogP contribution in [-0.4, -0.2) is 43.4 Å². The Bertz CT molecular complexity index is 695. The predicted octanol–water partition coefficient (Wildman–Crippen LogP) is 4.03. The molecule has 1 aliphatic rings. The van der Waals surface area contributed by atoms with Crippen molar-refractivity contribution < 1.29 is 18.0 Å². The number of rotatable bonds is 5. The summed E-state index contributed by atoms with van der Waals surface area (Å²) in [7, 11) is 3.33. The Morgan fingerprint density at radius 3 is 2.62 bits per heavy atom. The van der Waals surface area contributed by atoms with Gasteiger partial charge in [0.1, 0.15) is 0 Å². The summed E-state index contributed by atoms with van der Waals surface area (Å²) in [6, 6.07) is 5.39. The lowest BCUT2D eigenvalue weighted by molar-refractivity contribution is -0.137. The van der Waals surface area contributed by atoms with Crippen molar-refractivity contribution in [3.63, 3.8) is 0 Å². The average Bonchev–Trinajstić information content (AvgIpc) is 2.63. The molecule has 29 heavy (non-hydrogen) atoms. The monoisotopic (exact) mass is 526 g/mol. The highest BCUT2D eigenvalue weighted by Crippen LogP contribution is 2.29. The van der Waals surface area contributed by atoms with Crippen LogP contribution in [0.4, 0.5) is 13.2 Å². The number of amides is 1. The first-order valence-corrected chi connectivity index (χ1v) is 9.56. The molecular weight excluding hydrogens is 496 g/mol. The fourth-order valence-electron chi connectivity index (χ4n) is 3.24. The van der Waals surface area contributed by atoms with Gasteiger partial charge in [-0.05, 0) is 36.5 Å². The second-order valence-corrected chi connectivity index (χ2v) is 7.62. The van der Waals surface area contributed by atoms with Crippen LogP contribution < -0.4 is 10.6 Å². The number of aliphatic imine (C=N–C) groups is 1. The molecule has 0 spiro atoms. The van der Waals surface area contributed by atoms with E-state index >= 15 is 0 Å². The maximum absolute atomic E-state index is 12.9. The van der Waals surface area contributed by atoms with Crippen molar-refractivity contribution in [2.45, 2.75) is 51.4 Å². The molecule has 0 heterocycles. The molecule has 164 valence electrons. The summed E-state index contributed by atoms with van der Waals surface area (Å²) in [5, 5.41) is 6.35. The Morgan fingerprint density at radius 1 is 1.28 bits per heavy atom. The van der Waals surface area contributed by atoms with E-state index in [1.165, 1.54) is 17.4 Å². The van der Waals surface area contributed by atoms with E-state index in [2.05, 4.69) is 22.5 Å². The van der Waals surface area contributed by atoms with Crippen LogP contribution in [-0.2, 0) is 17.5 Å². The fraction of sp³-hybridized carbons (Fsp3) is 0.600. The number of nitrogens with zero attached hydrogens (tertiary/aromatic N) is 2. The van der Waals surface area contributed by atoms with Crippen LogP contribution in [0.1, 0.15) is 43.7 Å². The van der Waals surface area contributed by atoms with Crippen LogP contribution >= 0.6 is 24.0 Å². The topological polar surface area (TPSA) is 56.7 Å². The Kier molecular flexibility index (Phi) is 10.2. The molecule has 1 fully saturated rings. The number of carbonyl (C=O) groups is 1. The van der Waals surface area contributed by atoms with Crippen LogP contribution in [0.15, 0.2) is 29.3 Å². The van der Waals surface area contributed by atoms with Gasteiger partial charge in [0, 0.05) is 20.1 Å². The molecule has 0 aliphatic heterocycles. The van der Waals surface area contributed by atoms with E-state index in [9.17, 15) is 18.0 Å². The van der Waals surface area contributed by atoms with Crippen molar-refractivity contribution in [3.8, 4) is 0 Å². The van der Waals surface area contributed by atoms with E-state index < -0.39 is 11.7 Å². The van der Waals surface area contributed by atoms with Gasteiger partial charge in [-0.15, -0.1) is 24.0 Å². The fourth-order valence-corrected chi connectivity index (χ4v) is 3.24. The molecule has 1 aromatic carbocycles. The summed E-state index contributed by atoms with van der Waals surface area (Å²) in [5.41, 5.74) is -0.224. The molecule has 1 amide bonds. The summed E-state index contributed by atoms with van der Waals surface area (Å²) in [6.07, 6.45) is -0.0463. The van der Waals surface area contributed by atoms with Crippen molar-refractivity contribution in [2.75, 3.05) is 20.6 Å². The number of hydrogen-bond donors (Lipinski definition) is 2. The second kappa shape index (κ2) is 11.6. The molecule has 0 radical (unpaired) electrons. The SMILES string of the molecule is CC1CCCC(NC(=NCc2cccc(C(F)(F)F)c2)NCC(=O)N(C)C)C1.I. The maximum atomic E-state index is 12.9. The Balaban J connectivity index is 0.00000420. The third-order valence-electron chi connectivity index (χ3n) is 4.86. The summed E-state index contributed by atoms with van der Waals surface area (Å²) >= 11 is 0. The van der Waals surface area contributed by atoms with Gasteiger partial charge in [-0.2, -0.15) is 13.2 Å². The minimum atomic E-state index is -4.38. The first-order valence-electron chi connectivity index (χ1n) is 9.56. The van der Waals surface area contributed by atoms with Gasteiger partial charge in [-0.25, -0.2) is 4.99 Å². The number of alkyl halides is 3. The predicted molar refractivity (Wildman–Crippen MR) is 119 cm³/mol. The van der Waals surface area contributed by atoms with Crippen molar-refractivity contribution in [3.05, 3.63) is 35.4 Å². The first-order chi connectivity index (χ1) is 13.1. The van der Waals surface area contributed by atoms with Gasteiger partial charge in [-0.1, -0.05) is 31.9 Å². The third-order valence-corrected chi connectivity index (χ3v) is 4.86. The summed E-state index contributed by atoms with van der Waals surface area (Å²) in [6.45, 7) is 2.37. The highest BCUT2D eigenvalue weighted by molar-refractivity contribution is 14.0. The summed E-state index contributed by atoms with van der Waals surface area (Å²) in [4.78, 5) is 17.8. The number of carbonyl (C=O) groups excluding carboxylic acids is 1. The number of nitrogens with one attached hydrogen (secondary N) is 2. The van der Waals surface area contributed by atoms with Crippen LogP contribution in [0, 0.1) is 5.92 Å². The number of likely N-dealkylation sites (N-methyl/N-ethyl adjacent to an activating group) is 1. The second-order valence-electron chi connectivity index (χ2n) is 7.62. The maximum Gasteiger partial charge on any atom is 0.416 e. The van der Waals surface area contributed by atoms with Gasteiger partial charge < -0.3 is 15.5 Å². The molecular formula is C20H30F3IN4O. The highest BCUT2D eigenvalue weighted by Gasteiger charge is 2.30. The number of halogens is 4. The van der Waals surface area contributed by atoms with Gasteiger partial charge in [0.05, 0.1) is 18.7 Å². The van der Waals surface area contributed by atoms with Gasteiger partial charge in [0.25, 0.3) is 0 Å². The van der Waals surface area contributed by atoms with E-state index in [0.717, 1.165) is 31.4 Å². The van der Waals surface area contributed by atoms with Gasteiger partial charge >= 0.3 is 6.18 Å². The molecule has 1 aromatic rings.